The summed E-state index contributed by atoms with van der Waals surface area (Å²) in [6.07, 6.45) is 0. The van der Waals surface area contributed by atoms with Crippen LogP contribution in [0.1, 0.15) is 10.4 Å². The average molecular weight is 270 g/mol. The number of aromatic carboxylic acids is 1. The number of rotatable bonds is 1. The van der Waals surface area contributed by atoms with Crippen molar-refractivity contribution in [1.82, 2.24) is 0 Å². The molecule has 1 N–H and O–H groups in total. The van der Waals surface area contributed by atoms with E-state index in [4.69, 9.17) is 5.11 Å². The van der Waals surface area contributed by atoms with Gasteiger partial charge in [-0.25, -0.2) is 0 Å². The van der Waals surface area contributed by atoms with E-state index in [1.54, 1.807) is 12.1 Å². The third-order valence-corrected chi connectivity index (χ3v) is 3.87. The summed E-state index contributed by atoms with van der Waals surface area (Å²) < 4.78 is 1.69. The number of benzene rings is 1. The van der Waals surface area contributed by atoms with Crippen LogP contribution in [0.3, 0.4) is 0 Å². The molecule has 0 unspecified atom stereocenters. The number of hydrogen-bond donors (Lipinski definition) is 1. The summed E-state index contributed by atoms with van der Waals surface area (Å²) in [6, 6.07) is 5.18. The zero-order chi connectivity index (χ0) is 8.43. The van der Waals surface area contributed by atoms with Crippen molar-refractivity contribution in [2.45, 2.75) is 0 Å². The third-order valence-electron chi connectivity index (χ3n) is 1.25. The molecule has 0 bridgehead atoms. The van der Waals surface area contributed by atoms with E-state index in [1.165, 1.54) is 0 Å². The van der Waals surface area contributed by atoms with Crippen molar-refractivity contribution < 1.29 is 9.90 Å². The van der Waals surface area contributed by atoms with E-state index in [1.807, 2.05) is 6.07 Å². The van der Waals surface area contributed by atoms with Crippen LogP contribution in [-0.4, -0.2) is 44.8 Å². The van der Waals surface area contributed by atoms with Gasteiger partial charge in [-0.2, -0.15) is 0 Å². The van der Waals surface area contributed by atoms with Crippen LogP contribution in [-0.2, 0) is 0 Å². The van der Waals surface area contributed by atoms with Crippen molar-refractivity contribution in [2.24, 2.45) is 0 Å². The summed E-state index contributed by atoms with van der Waals surface area (Å²) in [5.74, 6) is -0.881. The quantitative estimate of drug-likeness (QED) is 0.663. The fourth-order valence-corrected chi connectivity index (χ4v) is 1.65. The van der Waals surface area contributed by atoms with Gasteiger partial charge in [0.2, 0.25) is 0 Å². The van der Waals surface area contributed by atoms with Crippen LogP contribution < -0.4 is 8.70 Å². The van der Waals surface area contributed by atoms with Gasteiger partial charge in [0.1, 0.15) is 0 Å². The molecule has 2 nitrogen and oxygen atoms in total. The van der Waals surface area contributed by atoms with Gasteiger partial charge in [-0.05, 0) is 0 Å². The number of carboxylic acids is 1. The first-order valence-electron chi connectivity index (χ1n) is 2.87. The van der Waals surface area contributed by atoms with Gasteiger partial charge in [-0.3, -0.25) is 0 Å². The van der Waals surface area contributed by atoms with E-state index < -0.39 is 5.97 Å². The number of carbonyl (C=O) groups is 1. The molecular weight excluding hydrogens is 266 g/mol. The van der Waals surface area contributed by atoms with Gasteiger partial charge >= 0.3 is 82.0 Å². The van der Waals surface area contributed by atoms with Crippen LogP contribution in [0.25, 0.3) is 0 Å². The summed E-state index contributed by atoms with van der Waals surface area (Å²) in [6.45, 7) is 0. The molecule has 4 heteroatoms. The van der Waals surface area contributed by atoms with Gasteiger partial charge in [-0.1, -0.05) is 0 Å². The Morgan fingerprint density at radius 3 is 2.45 bits per heavy atom. The minimum atomic E-state index is -0.881. The first kappa shape index (κ1) is 8.90. The predicted molar refractivity (Wildman–Crippen MR) is 44.2 cm³/mol. The Labute approximate surface area is 82.0 Å². The SMILES string of the molecule is O=C(O)c1cccc([As])c1[As]. The second-order valence-electron chi connectivity index (χ2n) is 1.98. The fraction of sp³-hybridized carbons (Fsp3) is 0. The normalized spacial score (nSPS) is 9.64. The second-order valence-corrected chi connectivity index (χ2v) is 3.93. The molecule has 1 aromatic carbocycles. The fourth-order valence-electron chi connectivity index (χ4n) is 0.704. The monoisotopic (exact) mass is 270 g/mol. The van der Waals surface area contributed by atoms with Crippen molar-refractivity contribution in [1.29, 1.82) is 0 Å². The Morgan fingerprint density at radius 2 is 2.00 bits per heavy atom. The maximum absolute atomic E-state index is 10.6. The van der Waals surface area contributed by atoms with Crippen molar-refractivity contribution in [2.75, 3.05) is 0 Å². The summed E-state index contributed by atoms with van der Waals surface area (Å²) in [4.78, 5) is 10.6. The van der Waals surface area contributed by atoms with Crippen LogP contribution in [0.2, 0.25) is 0 Å². The van der Waals surface area contributed by atoms with Gasteiger partial charge in [0.05, 0.1) is 0 Å². The van der Waals surface area contributed by atoms with Crippen molar-refractivity contribution in [3.8, 4) is 0 Å². The first-order valence-corrected chi connectivity index (χ1v) is 4.75. The Balaban J connectivity index is 3.27. The van der Waals surface area contributed by atoms with Gasteiger partial charge in [0.15, 0.2) is 0 Å². The van der Waals surface area contributed by atoms with E-state index in [0.717, 1.165) is 8.70 Å². The van der Waals surface area contributed by atoms with E-state index >= 15 is 0 Å². The number of carboxylic acid groups (broad SMARTS) is 1. The van der Waals surface area contributed by atoms with Gasteiger partial charge in [-0.15, -0.1) is 0 Å². The molecule has 1 aromatic rings. The Morgan fingerprint density at radius 1 is 1.36 bits per heavy atom. The molecule has 54 valence electrons. The molecule has 4 radical (unpaired) electrons. The molecule has 0 saturated carbocycles. The van der Waals surface area contributed by atoms with E-state index in [0.29, 0.717) is 5.56 Å². The molecular formula is C7H4As2O2. The molecule has 0 aromatic heterocycles. The Hall–Kier alpha value is -0.193. The van der Waals surface area contributed by atoms with Gasteiger partial charge in [0, 0.05) is 0 Å². The molecule has 0 saturated heterocycles. The molecule has 0 aliphatic carbocycles. The van der Waals surface area contributed by atoms with E-state index in [9.17, 15) is 4.79 Å². The molecule has 11 heavy (non-hydrogen) atoms. The van der Waals surface area contributed by atoms with Crippen LogP contribution in [0, 0.1) is 0 Å². The van der Waals surface area contributed by atoms with Crippen molar-refractivity contribution >= 4 is 48.4 Å². The second kappa shape index (κ2) is 3.47. The van der Waals surface area contributed by atoms with E-state index in [-0.39, 0.29) is 0 Å². The average Bonchev–Trinajstić information content (AvgIpc) is 1.94. The van der Waals surface area contributed by atoms with Crippen molar-refractivity contribution in [3.05, 3.63) is 23.8 Å². The standard InChI is InChI=1S/C7H4As2O2/c8-5-3-1-2-4(6(5)9)7(10)11/h1-3H,(H,10,11). The molecule has 0 amide bonds. The third kappa shape index (κ3) is 1.88. The molecule has 1 rings (SSSR count). The molecule has 0 spiro atoms. The maximum atomic E-state index is 10.6. The van der Waals surface area contributed by atoms with Crippen LogP contribution in [0.4, 0.5) is 0 Å². The van der Waals surface area contributed by atoms with Crippen LogP contribution >= 0.6 is 0 Å². The van der Waals surface area contributed by atoms with Crippen molar-refractivity contribution in [3.63, 3.8) is 0 Å². The summed E-state index contributed by atoms with van der Waals surface area (Å²) in [5.41, 5.74) is 0.350. The first-order chi connectivity index (χ1) is 5.13. The predicted octanol–water partition coefficient (Wildman–Crippen LogP) is -1.03. The molecule has 0 aliphatic heterocycles. The topological polar surface area (TPSA) is 37.3 Å². The zero-order valence-corrected chi connectivity index (χ0v) is 9.24. The number of hydrogen-bond acceptors (Lipinski definition) is 1. The Kier molecular flexibility index (Phi) is 2.81. The van der Waals surface area contributed by atoms with Gasteiger partial charge < -0.3 is 0 Å². The van der Waals surface area contributed by atoms with Crippen LogP contribution in [0.5, 0.6) is 0 Å². The minimum absolute atomic E-state index is 0.350. The Bertz CT molecular complexity index is 296. The summed E-state index contributed by atoms with van der Waals surface area (Å²) in [7, 11) is 0. The molecule has 0 atom stereocenters. The summed E-state index contributed by atoms with van der Waals surface area (Å²) >= 11 is 4.60. The molecule has 0 heterocycles. The zero-order valence-electron chi connectivity index (χ0n) is 5.48. The molecule has 0 aliphatic rings. The summed E-state index contributed by atoms with van der Waals surface area (Å²) in [5, 5.41) is 8.67. The van der Waals surface area contributed by atoms with Gasteiger partial charge in [0.25, 0.3) is 0 Å². The molecule has 0 fully saturated rings. The van der Waals surface area contributed by atoms with Crippen LogP contribution in [0.15, 0.2) is 18.2 Å². The van der Waals surface area contributed by atoms with E-state index in [2.05, 4.69) is 33.7 Å².